The van der Waals surface area contributed by atoms with E-state index in [1.54, 1.807) is 7.05 Å². The molecule has 1 fully saturated rings. The van der Waals surface area contributed by atoms with E-state index in [1.807, 2.05) is 32.9 Å². The minimum absolute atomic E-state index is 0.184. The van der Waals surface area contributed by atoms with Gasteiger partial charge >= 0.3 is 0 Å². The van der Waals surface area contributed by atoms with E-state index in [1.165, 1.54) is 5.56 Å². The second kappa shape index (κ2) is 10.6. The van der Waals surface area contributed by atoms with Crippen molar-refractivity contribution < 1.29 is 8.95 Å². The normalized spacial score (nSPS) is 22.1. The number of ether oxygens (including phenoxy) is 1. The maximum absolute atomic E-state index is 12.1. The van der Waals surface area contributed by atoms with Crippen molar-refractivity contribution in [3.05, 3.63) is 29.8 Å². The van der Waals surface area contributed by atoms with Gasteiger partial charge in [0.2, 0.25) is 0 Å². The molecule has 0 saturated heterocycles. The summed E-state index contributed by atoms with van der Waals surface area (Å²) in [7, 11) is 1.09. The molecule has 0 radical (unpaired) electrons. The lowest BCUT2D eigenvalue weighted by Crippen LogP contribution is -2.46. The van der Waals surface area contributed by atoms with Gasteiger partial charge in [-0.3, -0.25) is 9.20 Å². The van der Waals surface area contributed by atoms with Crippen molar-refractivity contribution in [1.29, 1.82) is 0 Å². The van der Waals surface area contributed by atoms with Gasteiger partial charge in [0.05, 0.1) is 6.10 Å². The quantitative estimate of drug-likeness (QED) is 0.564. The van der Waals surface area contributed by atoms with Gasteiger partial charge < -0.3 is 15.4 Å². The van der Waals surface area contributed by atoms with Gasteiger partial charge in [0.1, 0.15) is 5.75 Å². The Balaban J connectivity index is 1.83. The van der Waals surface area contributed by atoms with Crippen molar-refractivity contribution in [3.8, 4) is 5.75 Å². The SMILES string of the molecule is CCS(=O)C1CCCC(NC(=NC)NCc2ccc(OC(C)C)cc2)C1. The van der Waals surface area contributed by atoms with E-state index in [4.69, 9.17) is 4.74 Å². The fourth-order valence-electron chi connectivity index (χ4n) is 3.28. The monoisotopic (exact) mass is 379 g/mol. The standard InChI is InChI=1S/C20H33N3O2S/c1-5-26(24)19-8-6-7-17(13-19)23-20(21-4)22-14-16-9-11-18(12-10-16)25-15(2)3/h9-12,15,17,19H,5-8,13-14H2,1-4H3,(H2,21,22,23). The molecule has 2 N–H and O–H groups in total. The second-order valence-electron chi connectivity index (χ2n) is 7.04. The van der Waals surface area contributed by atoms with Crippen molar-refractivity contribution in [2.45, 2.75) is 70.4 Å². The number of benzene rings is 1. The first kappa shape index (κ1) is 20.7. The highest BCUT2D eigenvalue weighted by Gasteiger charge is 2.25. The fourth-order valence-corrected chi connectivity index (χ4v) is 4.63. The Morgan fingerprint density at radius 1 is 1.31 bits per heavy atom. The van der Waals surface area contributed by atoms with Crippen LogP contribution in [0.15, 0.2) is 29.3 Å². The van der Waals surface area contributed by atoms with Gasteiger partial charge in [-0.1, -0.05) is 25.5 Å². The Bertz CT molecular complexity index is 602. The molecule has 1 saturated carbocycles. The highest BCUT2D eigenvalue weighted by Crippen LogP contribution is 2.23. The first-order chi connectivity index (χ1) is 12.5. The molecule has 0 amide bonds. The summed E-state index contributed by atoms with van der Waals surface area (Å²) in [5.41, 5.74) is 1.18. The molecule has 3 unspecified atom stereocenters. The van der Waals surface area contributed by atoms with Gasteiger partial charge in [0, 0.05) is 41.4 Å². The van der Waals surface area contributed by atoms with Crippen molar-refractivity contribution in [2.24, 2.45) is 4.99 Å². The molecule has 146 valence electrons. The second-order valence-corrected chi connectivity index (χ2v) is 9.04. The van der Waals surface area contributed by atoms with Gasteiger partial charge in [0.15, 0.2) is 5.96 Å². The minimum atomic E-state index is -0.703. The molecule has 0 aliphatic heterocycles. The summed E-state index contributed by atoms with van der Waals surface area (Å²) in [6.45, 7) is 6.76. The molecule has 1 aromatic carbocycles. The highest BCUT2D eigenvalue weighted by atomic mass is 32.2. The first-order valence-corrected chi connectivity index (χ1v) is 11.0. The zero-order chi connectivity index (χ0) is 18.9. The van der Waals surface area contributed by atoms with E-state index < -0.39 is 10.8 Å². The first-order valence-electron chi connectivity index (χ1n) is 9.61. The molecule has 0 aromatic heterocycles. The molecular weight excluding hydrogens is 346 g/mol. The average molecular weight is 380 g/mol. The summed E-state index contributed by atoms with van der Waals surface area (Å²) < 4.78 is 17.8. The molecule has 26 heavy (non-hydrogen) atoms. The van der Waals surface area contributed by atoms with E-state index in [-0.39, 0.29) is 6.10 Å². The van der Waals surface area contributed by atoms with E-state index >= 15 is 0 Å². The number of nitrogens with zero attached hydrogens (tertiary/aromatic N) is 1. The number of guanidine groups is 1. The van der Waals surface area contributed by atoms with Gasteiger partial charge in [-0.05, 0) is 50.8 Å². The van der Waals surface area contributed by atoms with Crippen molar-refractivity contribution in [3.63, 3.8) is 0 Å². The predicted octanol–water partition coefficient (Wildman–Crippen LogP) is 3.22. The van der Waals surface area contributed by atoms with Crippen LogP contribution in [-0.2, 0) is 17.3 Å². The largest absolute Gasteiger partial charge is 0.491 e. The van der Waals surface area contributed by atoms with Crippen LogP contribution in [0.5, 0.6) is 5.75 Å². The molecule has 0 bridgehead atoms. The maximum atomic E-state index is 12.1. The number of rotatable bonds is 7. The predicted molar refractivity (Wildman–Crippen MR) is 110 cm³/mol. The molecule has 3 atom stereocenters. The summed E-state index contributed by atoms with van der Waals surface area (Å²) in [5, 5.41) is 7.19. The molecule has 6 heteroatoms. The van der Waals surface area contributed by atoms with E-state index in [9.17, 15) is 4.21 Å². The summed E-state index contributed by atoms with van der Waals surface area (Å²) in [4.78, 5) is 4.34. The minimum Gasteiger partial charge on any atom is -0.491 e. The molecule has 1 aliphatic rings. The van der Waals surface area contributed by atoms with Gasteiger partial charge in [-0.15, -0.1) is 0 Å². The van der Waals surface area contributed by atoms with Crippen LogP contribution in [0.3, 0.4) is 0 Å². The average Bonchev–Trinajstić information content (AvgIpc) is 2.65. The van der Waals surface area contributed by atoms with Crippen LogP contribution < -0.4 is 15.4 Å². The molecular formula is C20H33N3O2S. The lowest BCUT2D eigenvalue weighted by Gasteiger charge is -2.30. The summed E-state index contributed by atoms with van der Waals surface area (Å²) in [5.74, 6) is 2.45. The molecule has 0 heterocycles. The summed E-state index contributed by atoms with van der Waals surface area (Å²) >= 11 is 0. The number of hydrogen-bond acceptors (Lipinski definition) is 3. The lowest BCUT2D eigenvalue weighted by molar-refractivity contribution is 0.242. The van der Waals surface area contributed by atoms with Crippen molar-refractivity contribution in [2.75, 3.05) is 12.8 Å². The molecule has 1 aliphatic carbocycles. The third-order valence-electron chi connectivity index (χ3n) is 4.60. The molecule has 1 aromatic rings. The Kier molecular flexibility index (Phi) is 8.42. The highest BCUT2D eigenvalue weighted by molar-refractivity contribution is 7.85. The molecule has 2 rings (SSSR count). The van der Waals surface area contributed by atoms with Crippen LogP contribution in [0.1, 0.15) is 52.0 Å². The zero-order valence-corrected chi connectivity index (χ0v) is 17.3. The summed E-state index contributed by atoms with van der Waals surface area (Å²) in [6.07, 6.45) is 4.46. The van der Waals surface area contributed by atoms with Crippen LogP contribution in [0, 0.1) is 0 Å². The third-order valence-corrected chi connectivity index (χ3v) is 6.34. The Morgan fingerprint density at radius 2 is 2.04 bits per heavy atom. The van der Waals surface area contributed by atoms with Crippen molar-refractivity contribution >= 4 is 16.8 Å². The Hall–Kier alpha value is -1.56. The van der Waals surface area contributed by atoms with Crippen LogP contribution in [-0.4, -0.2) is 40.4 Å². The number of hydrogen-bond donors (Lipinski definition) is 2. The van der Waals surface area contributed by atoms with Gasteiger partial charge in [-0.2, -0.15) is 0 Å². The van der Waals surface area contributed by atoms with Crippen LogP contribution in [0.2, 0.25) is 0 Å². The van der Waals surface area contributed by atoms with E-state index in [2.05, 4.69) is 27.8 Å². The van der Waals surface area contributed by atoms with Gasteiger partial charge in [0.25, 0.3) is 0 Å². The number of aliphatic imine (C=N–C) groups is 1. The Labute approximate surface area is 160 Å². The lowest BCUT2D eigenvalue weighted by atomic mass is 9.95. The topological polar surface area (TPSA) is 62.7 Å². The summed E-state index contributed by atoms with van der Waals surface area (Å²) in [6, 6.07) is 8.48. The molecule has 0 spiro atoms. The van der Waals surface area contributed by atoms with E-state index in [0.717, 1.165) is 43.1 Å². The van der Waals surface area contributed by atoms with Gasteiger partial charge in [-0.25, -0.2) is 0 Å². The van der Waals surface area contributed by atoms with Crippen LogP contribution >= 0.6 is 0 Å². The van der Waals surface area contributed by atoms with Crippen LogP contribution in [0.25, 0.3) is 0 Å². The Morgan fingerprint density at radius 3 is 2.65 bits per heavy atom. The molecule has 5 nitrogen and oxygen atoms in total. The van der Waals surface area contributed by atoms with Crippen LogP contribution in [0.4, 0.5) is 0 Å². The maximum Gasteiger partial charge on any atom is 0.191 e. The smallest absolute Gasteiger partial charge is 0.191 e. The third kappa shape index (κ3) is 6.63. The zero-order valence-electron chi connectivity index (χ0n) is 16.5. The van der Waals surface area contributed by atoms with E-state index in [0.29, 0.717) is 17.8 Å². The number of nitrogens with one attached hydrogen (secondary N) is 2. The fraction of sp³-hybridized carbons (Fsp3) is 0.650. The van der Waals surface area contributed by atoms with Crippen molar-refractivity contribution in [1.82, 2.24) is 10.6 Å².